The van der Waals surface area contributed by atoms with E-state index in [1.165, 1.54) is 0 Å². The van der Waals surface area contributed by atoms with E-state index in [1.807, 2.05) is 72.8 Å². The summed E-state index contributed by atoms with van der Waals surface area (Å²) in [4.78, 5) is 18.4. The van der Waals surface area contributed by atoms with Gasteiger partial charge in [0.25, 0.3) is 0 Å². The monoisotopic (exact) mass is 438 g/mol. The van der Waals surface area contributed by atoms with Gasteiger partial charge in [0, 0.05) is 6.20 Å². The Labute approximate surface area is 189 Å². The highest BCUT2D eigenvalue weighted by Crippen LogP contribution is 2.66. The van der Waals surface area contributed by atoms with Gasteiger partial charge in [-0.1, -0.05) is 73.3 Å². The molecule has 0 aliphatic carbocycles. The minimum Gasteiger partial charge on any atom is -0.458 e. The zero-order valence-electron chi connectivity index (χ0n) is 17.7. The molecule has 0 amide bonds. The summed E-state index contributed by atoms with van der Waals surface area (Å²) in [5, 5.41) is 3.30. The van der Waals surface area contributed by atoms with Gasteiger partial charge >= 0.3 is 5.97 Å². The number of ether oxygens (including phenoxy) is 1. The van der Waals surface area contributed by atoms with Crippen LogP contribution in [0, 0.1) is 0 Å². The molecule has 0 aliphatic heterocycles. The van der Waals surface area contributed by atoms with Crippen LogP contribution in [0.4, 0.5) is 0 Å². The number of benzene rings is 3. The van der Waals surface area contributed by atoms with Crippen molar-refractivity contribution >= 4 is 29.1 Å². The van der Waals surface area contributed by atoms with E-state index in [0.29, 0.717) is 5.69 Å². The number of hydrogen-bond donors (Lipinski definition) is 0. The number of rotatable bonds is 8. The van der Waals surface area contributed by atoms with Gasteiger partial charge in [-0.15, -0.1) is 0 Å². The van der Waals surface area contributed by atoms with Gasteiger partial charge in [-0.2, -0.15) is 0 Å². The maximum Gasteiger partial charge on any atom is 0.354 e. The molecular weight excluding hydrogens is 413 g/mol. The predicted octanol–water partition coefficient (Wildman–Crippen LogP) is 4.85. The minimum atomic E-state index is -2.55. The summed E-state index contributed by atoms with van der Waals surface area (Å²) in [6, 6.07) is 36.6. The van der Waals surface area contributed by atoms with E-state index in [2.05, 4.69) is 48.0 Å². The van der Waals surface area contributed by atoms with Crippen LogP contribution in [0.3, 0.4) is 0 Å². The van der Waals surface area contributed by atoms with Crippen LogP contribution in [0.2, 0.25) is 0 Å². The van der Waals surface area contributed by atoms with Gasteiger partial charge in [-0.05, 0) is 48.5 Å². The van der Waals surface area contributed by atoms with E-state index in [9.17, 15) is 4.79 Å². The third kappa shape index (κ3) is 4.12. The maximum atomic E-state index is 13.8. The fourth-order valence-electron chi connectivity index (χ4n) is 4.12. The number of hydrogen-bond acceptors (Lipinski definition) is 3. The van der Waals surface area contributed by atoms with Gasteiger partial charge in [0.1, 0.15) is 29.8 Å². The molecule has 4 rings (SSSR count). The molecule has 1 heterocycles. The van der Waals surface area contributed by atoms with E-state index in [1.54, 1.807) is 12.3 Å². The van der Waals surface area contributed by atoms with Crippen molar-refractivity contribution in [1.82, 2.24) is 4.98 Å². The molecule has 4 aromatic rings. The molecule has 1 atom stereocenters. The molecule has 0 spiro atoms. The Kier molecular flexibility index (Phi) is 6.89. The molecule has 0 radical (unpaired) electrons. The summed E-state index contributed by atoms with van der Waals surface area (Å²) in [5.41, 5.74) is 0.0994. The molecule has 32 heavy (non-hydrogen) atoms. The lowest BCUT2D eigenvalue weighted by atomic mass is 10.2. The molecule has 0 bridgehead atoms. The van der Waals surface area contributed by atoms with Gasteiger partial charge in [-0.3, -0.25) is 4.98 Å². The first-order valence-electron chi connectivity index (χ1n) is 10.5. The smallest absolute Gasteiger partial charge is 0.354 e. The molecular formula is C28H25NO2P+. The lowest BCUT2D eigenvalue weighted by Crippen LogP contribution is -2.39. The van der Waals surface area contributed by atoms with Crippen LogP contribution >= 0.6 is 7.26 Å². The zero-order valence-corrected chi connectivity index (χ0v) is 18.6. The fraction of sp³-hybridized carbons (Fsp3) is 0.0714. The van der Waals surface area contributed by atoms with E-state index >= 15 is 0 Å². The van der Waals surface area contributed by atoms with E-state index in [-0.39, 0.29) is 12.6 Å². The summed E-state index contributed by atoms with van der Waals surface area (Å²) >= 11 is 0. The second-order valence-corrected chi connectivity index (χ2v) is 10.8. The topological polar surface area (TPSA) is 39.2 Å². The van der Waals surface area contributed by atoms with Crippen LogP contribution in [0.25, 0.3) is 0 Å². The highest BCUT2D eigenvalue weighted by molar-refractivity contribution is 7.96. The van der Waals surface area contributed by atoms with E-state index in [4.69, 9.17) is 4.74 Å². The number of carbonyl (C=O) groups is 1. The Hall–Kier alpha value is -3.55. The van der Waals surface area contributed by atoms with Gasteiger partial charge < -0.3 is 4.74 Å². The van der Waals surface area contributed by atoms with Crippen molar-refractivity contribution in [3.8, 4) is 0 Å². The molecule has 0 N–H and O–H groups in total. The van der Waals surface area contributed by atoms with Crippen LogP contribution in [-0.2, 0) is 9.53 Å². The normalized spacial score (nSPS) is 12.0. The Morgan fingerprint density at radius 2 is 1.25 bits per heavy atom. The van der Waals surface area contributed by atoms with E-state index < -0.39 is 12.9 Å². The first kappa shape index (κ1) is 21.7. The van der Waals surface area contributed by atoms with Gasteiger partial charge in [0.05, 0.1) is 5.69 Å². The highest BCUT2D eigenvalue weighted by atomic mass is 31.2. The lowest BCUT2D eigenvalue weighted by Gasteiger charge is -2.33. The first-order chi connectivity index (χ1) is 15.8. The summed E-state index contributed by atoms with van der Waals surface area (Å²) < 4.78 is 5.71. The minimum absolute atomic E-state index is 0.153. The third-order valence-electron chi connectivity index (χ3n) is 5.41. The van der Waals surface area contributed by atoms with Crippen molar-refractivity contribution in [2.45, 2.75) is 5.66 Å². The van der Waals surface area contributed by atoms with Crippen molar-refractivity contribution in [2.75, 3.05) is 6.61 Å². The van der Waals surface area contributed by atoms with E-state index in [0.717, 1.165) is 15.9 Å². The second-order valence-electron chi connectivity index (χ2n) is 7.31. The molecule has 3 aromatic carbocycles. The quantitative estimate of drug-likeness (QED) is 0.224. The lowest BCUT2D eigenvalue weighted by molar-refractivity contribution is -0.142. The molecule has 4 heteroatoms. The predicted molar refractivity (Wildman–Crippen MR) is 133 cm³/mol. The van der Waals surface area contributed by atoms with Gasteiger partial charge in [0.2, 0.25) is 5.66 Å². The van der Waals surface area contributed by atoms with Crippen LogP contribution in [0.1, 0.15) is 11.4 Å². The number of esters is 1. The maximum absolute atomic E-state index is 13.8. The fourth-order valence-corrected chi connectivity index (χ4v) is 8.78. The summed E-state index contributed by atoms with van der Waals surface area (Å²) in [6.45, 7) is 3.87. The SMILES string of the molecule is C=CCOC(=O)C(c1ccccn1)[P+](c1ccccc1)(c1ccccc1)c1ccccc1. The summed E-state index contributed by atoms with van der Waals surface area (Å²) in [5.74, 6) is -0.298. The van der Waals surface area contributed by atoms with Crippen molar-refractivity contribution < 1.29 is 9.53 Å². The molecule has 3 nitrogen and oxygen atoms in total. The average molecular weight is 438 g/mol. The number of nitrogens with zero attached hydrogens (tertiary/aromatic N) is 1. The van der Waals surface area contributed by atoms with Gasteiger partial charge in [-0.25, -0.2) is 4.79 Å². The average Bonchev–Trinajstić information content (AvgIpc) is 2.88. The largest absolute Gasteiger partial charge is 0.458 e. The number of carbonyl (C=O) groups excluding carboxylic acids is 1. The number of aromatic nitrogens is 1. The van der Waals surface area contributed by atoms with Crippen molar-refractivity contribution in [3.05, 3.63) is 134 Å². The number of pyridine rings is 1. The molecule has 0 fully saturated rings. The summed E-state index contributed by atoms with van der Waals surface area (Å²) in [7, 11) is -2.55. The van der Waals surface area contributed by atoms with Crippen LogP contribution in [0.15, 0.2) is 128 Å². The molecule has 0 saturated heterocycles. The van der Waals surface area contributed by atoms with Crippen LogP contribution in [-0.4, -0.2) is 17.6 Å². The Morgan fingerprint density at radius 3 is 1.66 bits per heavy atom. The molecule has 1 aromatic heterocycles. The zero-order chi connectivity index (χ0) is 22.2. The highest BCUT2D eigenvalue weighted by Gasteiger charge is 2.58. The molecule has 0 saturated carbocycles. The molecule has 0 aliphatic rings. The third-order valence-corrected chi connectivity index (χ3v) is 10.0. The van der Waals surface area contributed by atoms with Crippen LogP contribution in [0.5, 0.6) is 0 Å². The Balaban J connectivity index is 2.11. The second kappa shape index (κ2) is 10.2. The van der Waals surface area contributed by atoms with Crippen molar-refractivity contribution in [3.63, 3.8) is 0 Å². The van der Waals surface area contributed by atoms with Crippen molar-refractivity contribution in [2.24, 2.45) is 0 Å². The molecule has 1 unspecified atom stereocenters. The van der Waals surface area contributed by atoms with Gasteiger partial charge in [0.15, 0.2) is 0 Å². The summed E-state index contributed by atoms with van der Waals surface area (Å²) in [6.07, 6.45) is 3.33. The van der Waals surface area contributed by atoms with Crippen LogP contribution < -0.4 is 15.9 Å². The Bertz CT molecular complexity index is 1050. The first-order valence-corrected chi connectivity index (χ1v) is 12.4. The standard InChI is InChI=1S/C28H25NO2P/c1-2-22-31-28(30)27(26-20-12-13-21-29-26)32(23-14-6-3-7-15-23,24-16-8-4-9-17-24)25-18-10-5-11-19-25/h2-21,27H,1,22H2/q+1. The van der Waals surface area contributed by atoms with Crippen molar-refractivity contribution in [1.29, 1.82) is 0 Å². The Morgan fingerprint density at radius 1 is 0.781 bits per heavy atom. The molecule has 158 valence electrons.